The number of isothiocyanates is 2. The fraction of sp³-hybridized carbons (Fsp3) is 0.143. The number of thiocarbonyl (C=S) groups is 2. The van der Waals surface area contributed by atoms with E-state index in [-0.39, 0.29) is 30.3 Å². The first-order valence-electron chi connectivity index (χ1n) is 5.74. The van der Waals surface area contributed by atoms with Crippen LogP contribution >= 0.6 is 24.4 Å². The number of hydrogen-bond acceptors (Lipinski definition) is 6. The Hall–Kier alpha value is -1.66. The number of pyridine rings is 2. The fourth-order valence-electron chi connectivity index (χ4n) is 0.983. The quantitative estimate of drug-likeness (QED) is 0.464. The Bertz CT molecular complexity index is 496. The van der Waals surface area contributed by atoms with E-state index < -0.39 is 0 Å². The summed E-state index contributed by atoms with van der Waals surface area (Å²) in [5.74, 6) is 0. The van der Waals surface area contributed by atoms with Crippen LogP contribution < -0.4 is 0 Å². The topological polar surface area (TPSA) is 111 Å². The molecule has 2 aromatic rings. The third-order valence-electron chi connectivity index (χ3n) is 1.78. The van der Waals surface area contributed by atoms with Crippen molar-refractivity contribution in [2.24, 2.45) is 0 Å². The van der Waals surface area contributed by atoms with Gasteiger partial charge in [0.1, 0.15) is 0 Å². The van der Waals surface area contributed by atoms with Crippen LogP contribution in [0.3, 0.4) is 0 Å². The second-order valence-electron chi connectivity index (χ2n) is 3.14. The number of nitrogens with zero attached hydrogens (tertiary/aromatic N) is 4. The molecule has 0 saturated carbocycles. The summed E-state index contributed by atoms with van der Waals surface area (Å²) in [5.41, 5.74) is 1.43. The molecule has 0 amide bonds. The van der Waals surface area contributed by atoms with E-state index in [1.807, 2.05) is 24.3 Å². The summed E-state index contributed by atoms with van der Waals surface area (Å²) in [7, 11) is 0. The molecule has 6 nitrogen and oxygen atoms in total. The van der Waals surface area contributed by atoms with Crippen molar-refractivity contribution < 1.29 is 27.3 Å². The predicted octanol–water partition coefficient (Wildman–Crippen LogP) is 2.46. The maximum atomic E-state index is 8.48. The molecule has 0 unspecified atom stereocenters. The molecule has 2 heterocycles. The molecule has 1 radical (unpaired) electrons. The number of aromatic nitrogens is 2. The second kappa shape index (κ2) is 22.6. The van der Waals surface area contributed by atoms with E-state index in [4.69, 9.17) is 21.0 Å². The molecule has 0 bridgehead atoms. The van der Waals surface area contributed by atoms with Gasteiger partial charge in [-0.3, -0.25) is 9.97 Å². The summed E-state index contributed by atoms with van der Waals surface area (Å²) in [6.45, 7) is 0.0572. The standard InChI is InChI=1S/2C6H7NO.2CNS.Mn/c2*8-5-6-3-1-2-4-7-6;2*2-1-3;/h2*1-4,8H,5H2;;;/q;;2*-1;+2. The Balaban J connectivity index is -0.000000253. The average Bonchev–Trinajstić information content (AvgIpc) is 2.58. The number of hydrogen-bond donors (Lipinski definition) is 2. The molecule has 0 saturated heterocycles. The Labute approximate surface area is 156 Å². The van der Waals surface area contributed by atoms with E-state index in [0.717, 1.165) is 0 Å². The Morgan fingerprint density at radius 2 is 1.13 bits per heavy atom. The summed E-state index contributed by atoms with van der Waals surface area (Å²) >= 11 is 7.40. The molecular formula is C14H14MnN4O2S2. The van der Waals surface area contributed by atoms with Crippen LogP contribution in [0.5, 0.6) is 0 Å². The van der Waals surface area contributed by atoms with Gasteiger partial charge in [-0.05, 0) is 24.3 Å². The van der Waals surface area contributed by atoms with Crippen molar-refractivity contribution in [3.05, 3.63) is 71.0 Å². The maximum Gasteiger partial charge on any atom is 2.00 e. The van der Waals surface area contributed by atoms with Gasteiger partial charge in [-0.15, -0.1) is 0 Å². The zero-order chi connectivity index (χ0) is 17.1. The van der Waals surface area contributed by atoms with Crippen molar-refractivity contribution in [1.82, 2.24) is 9.97 Å². The Kier molecular flexibility index (Phi) is 25.8. The summed E-state index contributed by atoms with van der Waals surface area (Å²) in [6.07, 6.45) is 3.32. The van der Waals surface area contributed by atoms with Gasteiger partial charge in [-0.25, -0.2) is 0 Å². The van der Waals surface area contributed by atoms with Crippen LogP contribution in [0.4, 0.5) is 0 Å². The van der Waals surface area contributed by atoms with Crippen LogP contribution in [-0.4, -0.2) is 30.5 Å². The van der Waals surface area contributed by atoms with Gasteiger partial charge in [0, 0.05) is 12.4 Å². The van der Waals surface area contributed by atoms with Gasteiger partial charge in [-0.1, -0.05) is 36.6 Å². The second-order valence-corrected chi connectivity index (χ2v) is 3.51. The molecule has 9 heteroatoms. The summed E-state index contributed by atoms with van der Waals surface area (Å²) < 4.78 is 0. The van der Waals surface area contributed by atoms with Crippen molar-refractivity contribution in [3.63, 3.8) is 0 Å². The zero-order valence-electron chi connectivity index (χ0n) is 11.9. The van der Waals surface area contributed by atoms with Gasteiger partial charge in [-0.2, -0.15) is 10.3 Å². The minimum atomic E-state index is 0. The van der Waals surface area contributed by atoms with Crippen molar-refractivity contribution in [2.45, 2.75) is 13.2 Å². The monoisotopic (exact) mass is 389 g/mol. The van der Waals surface area contributed by atoms with Crippen LogP contribution in [0.1, 0.15) is 11.4 Å². The summed E-state index contributed by atoms with van der Waals surface area (Å²) in [4.78, 5) is 7.69. The molecular weight excluding hydrogens is 375 g/mol. The predicted molar refractivity (Wildman–Crippen MR) is 92.2 cm³/mol. The van der Waals surface area contributed by atoms with Crippen LogP contribution in [0, 0.1) is 0 Å². The minimum absolute atomic E-state index is 0. The van der Waals surface area contributed by atoms with Crippen molar-refractivity contribution >= 4 is 34.8 Å². The van der Waals surface area contributed by atoms with E-state index >= 15 is 0 Å². The molecule has 0 spiro atoms. The van der Waals surface area contributed by atoms with Gasteiger partial charge in [0.25, 0.3) is 0 Å². The molecule has 0 aliphatic heterocycles. The molecule has 0 aliphatic carbocycles. The molecule has 121 valence electrons. The normalized spacial score (nSPS) is 7.04. The molecule has 0 fully saturated rings. The van der Waals surface area contributed by atoms with E-state index in [0.29, 0.717) is 11.4 Å². The van der Waals surface area contributed by atoms with Gasteiger partial charge in [0.15, 0.2) is 0 Å². The first kappa shape index (κ1) is 26.2. The Morgan fingerprint density at radius 1 is 0.826 bits per heavy atom. The average molecular weight is 389 g/mol. The van der Waals surface area contributed by atoms with Gasteiger partial charge >= 0.3 is 17.1 Å². The number of rotatable bonds is 2. The van der Waals surface area contributed by atoms with Gasteiger partial charge < -0.3 is 21.0 Å². The number of aliphatic hydroxyl groups is 2. The van der Waals surface area contributed by atoms with Gasteiger partial charge in [0.05, 0.1) is 24.6 Å². The third-order valence-corrected chi connectivity index (χ3v) is 1.78. The largest absolute Gasteiger partial charge is 2.00 e. The van der Waals surface area contributed by atoms with Crippen LogP contribution in [0.25, 0.3) is 10.8 Å². The third kappa shape index (κ3) is 20.3. The first-order valence-corrected chi connectivity index (χ1v) is 6.55. The molecule has 0 atom stereocenters. The minimum Gasteiger partial charge on any atom is -0.753 e. The molecule has 2 rings (SSSR count). The van der Waals surface area contributed by atoms with Gasteiger partial charge in [0.2, 0.25) is 0 Å². The van der Waals surface area contributed by atoms with Crippen LogP contribution in [-0.2, 0) is 30.3 Å². The van der Waals surface area contributed by atoms with E-state index in [1.54, 1.807) is 24.5 Å². The zero-order valence-corrected chi connectivity index (χ0v) is 14.7. The van der Waals surface area contributed by atoms with Crippen molar-refractivity contribution in [1.29, 1.82) is 0 Å². The fourth-order valence-corrected chi connectivity index (χ4v) is 0.983. The van der Waals surface area contributed by atoms with Crippen molar-refractivity contribution in [3.8, 4) is 0 Å². The van der Waals surface area contributed by atoms with E-state index in [2.05, 4.69) is 34.4 Å². The van der Waals surface area contributed by atoms with E-state index in [1.165, 1.54) is 10.3 Å². The smallest absolute Gasteiger partial charge is 0.753 e. The van der Waals surface area contributed by atoms with Crippen LogP contribution in [0.2, 0.25) is 0 Å². The molecule has 2 N–H and O–H groups in total. The first-order chi connectivity index (χ1) is 10.7. The molecule has 2 aromatic heterocycles. The maximum absolute atomic E-state index is 8.48. The number of aliphatic hydroxyl groups excluding tert-OH is 2. The van der Waals surface area contributed by atoms with Crippen molar-refractivity contribution in [2.75, 3.05) is 0 Å². The summed E-state index contributed by atoms with van der Waals surface area (Å²) in [5, 5.41) is 33.9. The molecule has 0 aliphatic rings. The summed E-state index contributed by atoms with van der Waals surface area (Å²) in [6, 6.07) is 10.9. The SMILES string of the molecule is OCc1ccccn1.OCc1ccccn1.[Mn+2].[N-]=C=S.[N-]=C=S. The molecule has 23 heavy (non-hydrogen) atoms. The van der Waals surface area contributed by atoms with Crippen LogP contribution in [0.15, 0.2) is 48.8 Å². The Morgan fingerprint density at radius 3 is 1.26 bits per heavy atom. The molecule has 0 aromatic carbocycles. The van der Waals surface area contributed by atoms with E-state index in [9.17, 15) is 0 Å².